The highest BCUT2D eigenvalue weighted by Crippen LogP contribution is 2.45. The number of carboxylic acid groups (broad SMARTS) is 2. The number of rotatable bonds is 10. The van der Waals surface area contributed by atoms with Crippen LogP contribution >= 0.6 is 0 Å². The molecule has 0 radical (unpaired) electrons. The number of carbonyl (C=O) groups is 3. The molecule has 0 amide bonds. The minimum absolute atomic E-state index is 0.00998. The fourth-order valence-electron chi connectivity index (χ4n) is 3.19. The number of aliphatic carboxylic acids is 2. The lowest BCUT2D eigenvalue weighted by molar-refractivity contribution is -0.160. The molecule has 182 valence electrons. The monoisotopic (exact) mass is 471 g/mol. The van der Waals surface area contributed by atoms with E-state index < -0.39 is 17.7 Å². The second kappa shape index (κ2) is 13.0. The Bertz CT molecular complexity index is 944. The number of carboxylic acids is 2. The van der Waals surface area contributed by atoms with E-state index in [9.17, 15) is 14.4 Å². The van der Waals surface area contributed by atoms with Gasteiger partial charge in [-0.05, 0) is 25.2 Å². The number of carbonyl (C=O) groups excluding carboxylic acids is 1. The normalized spacial score (nSPS) is 13.3. The lowest BCUT2D eigenvalue weighted by Gasteiger charge is -2.27. The minimum atomic E-state index is -1.26. The SMILES string of the molecule is CCN(CC)CCOC(=O)CC1(c2ccccc2)Oc2ccccc2O1.O=C(O)/C=C/C(=O)O. The zero-order chi connectivity index (χ0) is 25.0. The van der Waals surface area contributed by atoms with Gasteiger partial charge in [0.2, 0.25) is 0 Å². The highest BCUT2D eigenvalue weighted by atomic mass is 16.7. The summed E-state index contributed by atoms with van der Waals surface area (Å²) >= 11 is 0. The van der Waals surface area contributed by atoms with Crippen LogP contribution in [-0.2, 0) is 24.9 Å². The maximum absolute atomic E-state index is 12.5. The van der Waals surface area contributed by atoms with E-state index in [2.05, 4.69) is 18.7 Å². The van der Waals surface area contributed by atoms with Gasteiger partial charge >= 0.3 is 17.9 Å². The molecule has 0 unspecified atom stereocenters. The molecule has 2 aromatic carbocycles. The van der Waals surface area contributed by atoms with Crippen molar-refractivity contribution in [2.24, 2.45) is 0 Å². The Morgan fingerprint density at radius 3 is 1.85 bits per heavy atom. The van der Waals surface area contributed by atoms with Gasteiger partial charge in [0.25, 0.3) is 5.79 Å². The van der Waals surface area contributed by atoms with Crippen LogP contribution < -0.4 is 9.47 Å². The molecule has 2 aromatic rings. The van der Waals surface area contributed by atoms with Gasteiger partial charge in [0.15, 0.2) is 11.5 Å². The standard InChI is InChI=1S/C21H25NO4.C4H4O4/c1-3-22(4-2)14-15-24-20(23)16-21(17-10-6-5-7-11-17)25-18-12-8-9-13-19(18)26-21;5-3(6)1-2-4(7)8/h5-13H,3-4,14-16H2,1-2H3;1-2H,(H,5,6)(H,7,8)/b;2-1+. The summed E-state index contributed by atoms with van der Waals surface area (Å²) in [6.45, 7) is 7.13. The Morgan fingerprint density at radius 2 is 1.38 bits per heavy atom. The summed E-state index contributed by atoms with van der Waals surface area (Å²) < 4.78 is 17.6. The predicted molar refractivity (Wildman–Crippen MR) is 124 cm³/mol. The third-order valence-electron chi connectivity index (χ3n) is 4.92. The molecule has 0 atom stereocenters. The van der Waals surface area contributed by atoms with Crippen molar-refractivity contribution < 1.29 is 38.8 Å². The third kappa shape index (κ3) is 7.93. The Kier molecular flexibility index (Phi) is 10.1. The first kappa shape index (κ1) is 26.4. The second-order valence-electron chi connectivity index (χ2n) is 7.20. The molecule has 2 N–H and O–H groups in total. The van der Waals surface area contributed by atoms with Crippen LogP contribution in [0.1, 0.15) is 25.8 Å². The molecule has 34 heavy (non-hydrogen) atoms. The number of likely N-dealkylation sites (N-methyl/N-ethyl adjacent to an activating group) is 1. The molecule has 9 nitrogen and oxygen atoms in total. The third-order valence-corrected chi connectivity index (χ3v) is 4.92. The van der Waals surface area contributed by atoms with Crippen LogP contribution in [0.5, 0.6) is 11.5 Å². The van der Waals surface area contributed by atoms with Crippen LogP contribution in [0.2, 0.25) is 0 Å². The molecule has 0 saturated carbocycles. The average Bonchev–Trinajstić information content (AvgIpc) is 3.20. The Labute approximate surface area is 198 Å². The lowest BCUT2D eigenvalue weighted by Crippen LogP contribution is -2.39. The van der Waals surface area contributed by atoms with E-state index in [4.69, 9.17) is 24.4 Å². The molecule has 3 rings (SSSR count). The average molecular weight is 472 g/mol. The summed E-state index contributed by atoms with van der Waals surface area (Å²) in [5.41, 5.74) is 0.789. The number of esters is 1. The van der Waals surface area contributed by atoms with Crippen LogP contribution in [0.15, 0.2) is 66.7 Å². The molecule has 1 aliphatic heterocycles. The zero-order valence-corrected chi connectivity index (χ0v) is 19.2. The van der Waals surface area contributed by atoms with Gasteiger partial charge in [-0.25, -0.2) is 9.59 Å². The van der Waals surface area contributed by atoms with Gasteiger partial charge in [-0.15, -0.1) is 0 Å². The van der Waals surface area contributed by atoms with Gasteiger partial charge in [-0.1, -0.05) is 56.3 Å². The first-order valence-electron chi connectivity index (χ1n) is 10.8. The van der Waals surface area contributed by atoms with Crippen LogP contribution in [-0.4, -0.2) is 59.3 Å². The minimum Gasteiger partial charge on any atom is -0.478 e. The summed E-state index contributed by atoms with van der Waals surface area (Å²) in [7, 11) is 0. The molecule has 1 heterocycles. The highest BCUT2D eigenvalue weighted by Gasteiger charge is 2.45. The maximum atomic E-state index is 12.5. The molecule has 0 saturated heterocycles. The van der Waals surface area contributed by atoms with Gasteiger partial charge in [0.1, 0.15) is 13.0 Å². The molecule has 0 bridgehead atoms. The Hall–Kier alpha value is -3.85. The lowest BCUT2D eigenvalue weighted by atomic mass is 10.0. The summed E-state index contributed by atoms with van der Waals surface area (Å²) in [6, 6.07) is 17.0. The van der Waals surface area contributed by atoms with Crippen molar-refractivity contribution in [1.82, 2.24) is 4.90 Å². The number of fused-ring (bicyclic) bond motifs is 1. The fraction of sp³-hybridized carbons (Fsp3) is 0.320. The van der Waals surface area contributed by atoms with Gasteiger partial charge in [0, 0.05) is 24.3 Å². The molecular weight excluding hydrogens is 442 g/mol. The fourth-order valence-corrected chi connectivity index (χ4v) is 3.19. The number of para-hydroxylation sites is 2. The molecule has 0 aliphatic carbocycles. The van der Waals surface area contributed by atoms with E-state index in [1.807, 2.05) is 54.6 Å². The number of hydrogen-bond donors (Lipinski definition) is 2. The van der Waals surface area contributed by atoms with Crippen LogP contribution in [0.3, 0.4) is 0 Å². The van der Waals surface area contributed by atoms with Gasteiger partial charge in [0.05, 0.1) is 0 Å². The Morgan fingerprint density at radius 1 is 0.882 bits per heavy atom. The first-order chi connectivity index (χ1) is 16.3. The van der Waals surface area contributed by atoms with Crippen LogP contribution in [0, 0.1) is 0 Å². The van der Waals surface area contributed by atoms with E-state index in [0.29, 0.717) is 30.3 Å². The predicted octanol–water partition coefficient (Wildman–Crippen LogP) is 3.30. The first-order valence-corrected chi connectivity index (χ1v) is 10.8. The number of hydrogen-bond acceptors (Lipinski definition) is 7. The van der Waals surface area contributed by atoms with Crippen molar-refractivity contribution in [2.75, 3.05) is 26.2 Å². The number of benzene rings is 2. The maximum Gasteiger partial charge on any atom is 0.328 e. The van der Waals surface area contributed by atoms with Crippen molar-refractivity contribution in [3.8, 4) is 11.5 Å². The topological polar surface area (TPSA) is 123 Å². The van der Waals surface area contributed by atoms with Crippen LogP contribution in [0.4, 0.5) is 0 Å². The number of ether oxygens (including phenoxy) is 3. The van der Waals surface area contributed by atoms with Gasteiger partial charge in [-0.3, -0.25) is 4.79 Å². The van der Waals surface area contributed by atoms with Crippen molar-refractivity contribution in [3.05, 3.63) is 72.3 Å². The molecule has 0 spiro atoms. The summed E-state index contributed by atoms with van der Waals surface area (Å²) in [5.74, 6) is -2.77. The van der Waals surface area contributed by atoms with E-state index >= 15 is 0 Å². The van der Waals surface area contributed by atoms with E-state index in [1.54, 1.807) is 0 Å². The molecule has 1 aliphatic rings. The van der Waals surface area contributed by atoms with Crippen molar-refractivity contribution in [2.45, 2.75) is 26.1 Å². The smallest absolute Gasteiger partial charge is 0.328 e. The summed E-state index contributed by atoms with van der Waals surface area (Å²) in [4.78, 5) is 33.8. The zero-order valence-electron chi connectivity index (χ0n) is 19.2. The van der Waals surface area contributed by atoms with Crippen molar-refractivity contribution >= 4 is 17.9 Å². The van der Waals surface area contributed by atoms with E-state index in [1.165, 1.54) is 0 Å². The summed E-state index contributed by atoms with van der Waals surface area (Å²) in [5, 5.41) is 15.6. The largest absolute Gasteiger partial charge is 0.478 e. The van der Waals surface area contributed by atoms with E-state index in [0.717, 1.165) is 25.2 Å². The Balaban J connectivity index is 0.000000440. The summed E-state index contributed by atoms with van der Waals surface area (Å²) in [6.07, 6.45) is 1.11. The molecule has 0 aromatic heterocycles. The van der Waals surface area contributed by atoms with Crippen molar-refractivity contribution in [1.29, 1.82) is 0 Å². The highest BCUT2D eigenvalue weighted by molar-refractivity contribution is 5.89. The van der Waals surface area contributed by atoms with Gasteiger partial charge in [-0.2, -0.15) is 0 Å². The second-order valence-corrected chi connectivity index (χ2v) is 7.20. The van der Waals surface area contributed by atoms with E-state index in [-0.39, 0.29) is 12.4 Å². The van der Waals surface area contributed by atoms with Crippen LogP contribution in [0.25, 0.3) is 0 Å². The number of nitrogens with zero attached hydrogens (tertiary/aromatic N) is 1. The quantitative estimate of drug-likeness (QED) is 0.397. The molecule has 0 fully saturated rings. The molecule has 9 heteroatoms. The van der Waals surface area contributed by atoms with Crippen molar-refractivity contribution in [3.63, 3.8) is 0 Å². The van der Waals surface area contributed by atoms with Gasteiger partial charge < -0.3 is 29.3 Å². The molecular formula is C25H29NO8.